The molecule has 0 aliphatic carbocycles. The lowest BCUT2D eigenvalue weighted by atomic mass is 9.87. The van der Waals surface area contributed by atoms with Gasteiger partial charge in [0.05, 0.1) is 24.6 Å². The molecule has 0 aliphatic rings. The van der Waals surface area contributed by atoms with E-state index in [1.54, 1.807) is 0 Å². The molecule has 370 valence electrons. The molecular formula is C72H60N2O2. The lowest BCUT2D eigenvalue weighted by molar-refractivity contribution is 0.317. The van der Waals surface area contributed by atoms with E-state index in [1.807, 2.05) is 0 Å². The van der Waals surface area contributed by atoms with Gasteiger partial charge in [0.2, 0.25) is 0 Å². The van der Waals surface area contributed by atoms with E-state index in [-0.39, 0.29) is 0 Å². The summed E-state index contributed by atoms with van der Waals surface area (Å²) in [5.41, 5.74) is 14.2. The van der Waals surface area contributed by atoms with Crippen molar-refractivity contribution in [2.45, 2.75) is 53.4 Å². The van der Waals surface area contributed by atoms with E-state index in [0.29, 0.717) is 13.2 Å². The van der Waals surface area contributed by atoms with Crippen LogP contribution in [0.1, 0.15) is 51.7 Å². The number of aryl methyl sites for hydroxylation is 2. The highest BCUT2D eigenvalue weighted by molar-refractivity contribution is 6.47. The number of fused-ring (bicyclic) bond motifs is 6. The lowest BCUT2D eigenvalue weighted by Crippen LogP contribution is -2.10. The Morgan fingerprint density at radius 3 is 0.961 bits per heavy atom. The molecule has 13 aromatic rings. The van der Waals surface area contributed by atoms with Crippen LogP contribution in [0.2, 0.25) is 0 Å². The number of anilines is 6. The maximum absolute atomic E-state index is 6.09. The second-order valence-corrected chi connectivity index (χ2v) is 20.1. The summed E-state index contributed by atoms with van der Waals surface area (Å²) in [6.07, 6.45) is 3.89. The predicted octanol–water partition coefficient (Wildman–Crippen LogP) is 20.5. The molecule has 0 N–H and O–H groups in total. The highest BCUT2D eigenvalue weighted by Gasteiger charge is 2.30. The van der Waals surface area contributed by atoms with E-state index in [0.717, 1.165) is 71.3 Å². The molecule has 0 spiro atoms. The van der Waals surface area contributed by atoms with E-state index < -0.39 is 0 Å². The molecule has 0 aromatic heterocycles. The highest BCUT2D eigenvalue weighted by Crippen LogP contribution is 2.57. The quantitative estimate of drug-likeness (QED) is 0.0963. The van der Waals surface area contributed by atoms with Gasteiger partial charge in [0.1, 0.15) is 11.5 Å². The van der Waals surface area contributed by atoms with Crippen LogP contribution in [0.5, 0.6) is 11.5 Å². The molecule has 0 unspecified atom stereocenters. The van der Waals surface area contributed by atoms with Crippen molar-refractivity contribution in [3.05, 3.63) is 230 Å². The Balaban J connectivity index is 1.12. The van der Waals surface area contributed by atoms with Gasteiger partial charge in [0, 0.05) is 33.5 Å². The summed E-state index contributed by atoms with van der Waals surface area (Å²) < 4.78 is 12.2. The average Bonchev–Trinajstić information content (AvgIpc) is 4.11. The number of rotatable bonds is 16. The van der Waals surface area contributed by atoms with Crippen LogP contribution >= 0.6 is 0 Å². The first-order valence-corrected chi connectivity index (χ1v) is 27.3. The van der Waals surface area contributed by atoms with Gasteiger partial charge in [-0.25, -0.2) is 0 Å². The fraction of sp³-hybridized carbons (Fsp3) is 0.139. The summed E-state index contributed by atoms with van der Waals surface area (Å²) in [5, 5.41) is 15.1. The van der Waals surface area contributed by atoms with Gasteiger partial charge in [0.25, 0.3) is 0 Å². The molecule has 0 amide bonds. The first-order valence-electron chi connectivity index (χ1n) is 27.3. The number of hydrogen-bond acceptors (Lipinski definition) is 4. The fourth-order valence-electron chi connectivity index (χ4n) is 12.1. The summed E-state index contributed by atoms with van der Waals surface area (Å²) in [7, 11) is 0. The second-order valence-electron chi connectivity index (χ2n) is 20.1. The van der Waals surface area contributed by atoms with Crippen molar-refractivity contribution in [1.29, 1.82) is 0 Å². The number of benzene rings is 11. The van der Waals surface area contributed by atoms with Crippen molar-refractivity contribution in [1.82, 2.24) is 0 Å². The molecule has 0 bridgehead atoms. The van der Waals surface area contributed by atoms with Crippen LogP contribution < -0.4 is 19.3 Å². The highest BCUT2D eigenvalue weighted by atomic mass is 16.5. The smallest absolute Gasteiger partial charge is 0.119 e. The molecule has 0 saturated heterocycles. The van der Waals surface area contributed by atoms with Crippen LogP contribution in [0, 0.1) is 0 Å². The third-order valence-electron chi connectivity index (χ3n) is 15.6. The Hall–Kier alpha value is -8.86. The van der Waals surface area contributed by atoms with E-state index in [1.165, 1.54) is 98.0 Å². The molecule has 13 rings (SSSR count). The predicted molar refractivity (Wildman–Crippen MR) is 324 cm³/mol. The first kappa shape index (κ1) is 46.9. The molecule has 0 fully saturated rings. The Kier molecular flexibility index (Phi) is 12.2. The summed E-state index contributed by atoms with van der Waals surface area (Å²) in [6.45, 7) is 10.1. The van der Waals surface area contributed by atoms with Crippen LogP contribution in [0.25, 0.3) is 86.9 Å². The summed E-state index contributed by atoms with van der Waals surface area (Å²) >= 11 is 0. The standard InChI is InChI=1S/C72H60N2O2/c1-5-45-75-55-37-33-53(34-38-55)73(51-29-25-47(7-3)26-30-51)63-43-41-61-67-57(63)21-15-23-59(67)69-65(49-17-11-9-12-18-49)70-60-24-16-22-58-64(44-42-62(68(58)60)72(70)66(71(61)69)50-19-13-10-14-20-50)74(52-31-27-48(8-4)28-32-52)54-35-39-56(40-36-54)76-46-6-2/h9-44H,5-8,45-46H2,1-4H3. The molecule has 0 aliphatic heterocycles. The van der Waals surface area contributed by atoms with Crippen molar-refractivity contribution >= 4 is 98.8 Å². The van der Waals surface area contributed by atoms with Crippen molar-refractivity contribution in [2.75, 3.05) is 23.0 Å². The van der Waals surface area contributed by atoms with E-state index >= 15 is 0 Å². The second kappa shape index (κ2) is 19.8. The summed E-state index contributed by atoms with van der Waals surface area (Å²) in [5.74, 6) is 1.77. The topological polar surface area (TPSA) is 24.9 Å². The molecule has 4 heteroatoms. The maximum atomic E-state index is 6.09. The first-order chi connectivity index (χ1) is 37.6. The minimum atomic E-state index is 0.690. The number of nitrogens with zero attached hydrogens (tertiary/aromatic N) is 2. The van der Waals surface area contributed by atoms with E-state index in [4.69, 9.17) is 9.47 Å². The molecule has 0 radical (unpaired) electrons. The zero-order chi connectivity index (χ0) is 51.3. The molecule has 76 heavy (non-hydrogen) atoms. The number of hydrogen-bond donors (Lipinski definition) is 0. The van der Waals surface area contributed by atoms with Gasteiger partial charge in [-0.1, -0.05) is 161 Å². The third-order valence-corrected chi connectivity index (χ3v) is 15.6. The van der Waals surface area contributed by atoms with Gasteiger partial charge in [-0.2, -0.15) is 0 Å². The largest absolute Gasteiger partial charge is 0.494 e. The minimum Gasteiger partial charge on any atom is -0.494 e. The zero-order valence-electron chi connectivity index (χ0n) is 43.7. The van der Waals surface area contributed by atoms with E-state index in [9.17, 15) is 0 Å². The van der Waals surface area contributed by atoms with Gasteiger partial charge in [-0.3, -0.25) is 0 Å². The van der Waals surface area contributed by atoms with Crippen LogP contribution in [0.4, 0.5) is 34.1 Å². The third kappa shape index (κ3) is 7.82. The van der Waals surface area contributed by atoms with Crippen molar-refractivity contribution in [3.8, 4) is 33.8 Å². The Labute approximate surface area is 445 Å². The van der Waals surface area contributed by atoms with Gasteiger partial charge in [-0.05, 0) is 198 Å². The van der Waals surface area contributed by atoms with Crippen molar-refractivity contribution in [2.24, 2.45) is 0 Å². The maximum Gasteiger partial charge on any atom is 0.119 e. The van der Waals surface area contributed by atoms with Crippen LogP contribution in [0.3, 0.4) is 0 Å². The van der Waals surface area contributed by atoms with Crippen molar-refractivity contribution in [3.63, 3.8) is 0 Å². The molecule has 0 heterocycles. The monoisotopic (exact) mass is 984 g/mol. The van der Waals surface area contributed by atoms with Gasteiger partial charge >= 0.3 is 0 Å². The Bertz CT molecular complexity index is 3840. The van der Waals surface area contributed by atoms with Gasteiger partial charge in [-0.15, -0.1) is 0 Å². The molecule has 0 saturated carbocycles. The molecule has 4 nitrogen and oxygen atoms in total. The number of ether oxygens (including phenoxy) is 2. The van der Waals surface area contributed by atoms with Crippen LogP contribution in [0.15, 0.2) is 218 Å². The fourth-order valence-corrected chi connectivity index (χ4v) is 12.1. The molecular weight excluding hydrogens is 925 g/mol. The zero-order valence-corrected chi connectivity index (χ0v) is 43.7. The van der Waals surface area contributed by atoms with Crippen molar-refractivity contribution < 1.29 is 9.47 Å². The van der Waals surface area contributed by atoms with Crippen LogP contribution in [-0.4, -0.2) is 13.2 Å². The van der Waals surface area contributed by atoms with Gasteiger partial charge < -0.3 is 19.3 Å². The Morgan fingerprint density at radius 2 is 0.618 bits per heavy atom. The molecule has 13 aromatic carbocycles. The normalized spacial score (nSPS) is 11.7. The SMILES string of the molecule is CCCOc1ccc(N(c2ccc(CC)cc2)c2ccc3c4c(-c5ccccc5)c5c6ccc(N(c7ccc(CC)cc7)c7ccc(OCCC)cc7)c7cccc(c5c(-c5ccccc5)c4c4cccc2c43)c76)cc1. The average molecular weight is 985 g/mol. The van der Waals surface area contributed by atoms with E-state index in [2.05, 4.69) is 256 Å². The summed E-state index contributed by atoms with van der Waals surface area (Å²) in [4.78, 5) is 4.85. The van der Waals surface area contributed by atoms with Gasteiger partial charge in [0.15, 0.2) is 0 Å². The Morgan fingerprint density at radius 1 is 0.289 bits per heavy atom. The molecule has 0 atom stereocenters. The van der Waals surface area contributed by atoms with Crippen LogP contribution in [-0.2, 0) is 12.8 Å². The minimum absolute atomic E-state index is 0.690. The lowest BCUT2D eigenvalue weighted by Gasteiger charge is -2.27. The summed E-state index contributed by atoms with van der Waals surface area (Å²) in [6, 6.07) is 81.2.